The molecule has 3 nitrogen and oxygen atoms in total. The van der Waals surface area contributed by atoms with Gasteiger partial charge < -0.3 is 15.0 Å². The lowest BCUT2D eigenvalue weighted by Crippen LogP contribution is -2.35. The van der Waals surface area contributed by atoms with E-state index >= 15 is 0 Å². The molecular weight excluding hydrogens is 200 g/mol. The molecule has 1 fully saturated rings. The van der Waals surface area contributed by atoms with Gasteiger partial charge in [0.15, 0.2) is 0 Å². The first-order valence-corrected chi connectivity index (χ1v) is 6.87. The average molecular weight is 228 g/mol. The molecule has 1 heterocycles. The van der Waals surface area contributed by atoms with E-state index in [9.17, 15) is 0 Å². The molecule has 0 saturated carbocycles. The minimum Gasteiger partial charge on any atom is -0.381 e. The van der Waals surface area contributed by atoms with Crippen LogP contribution in [0.5, 0.6) is 0 Å². The predicted octanol–water partition coefficient (Wildman–Crippen LogP) is 1.73. The highest BCUT2D eigenvalue weighted by Gasteiger charge is 2.12. The third kappa shape index (κ3) is 5.83. The van der Waals surface area contributed by atoms with Crippen molar-refractivity contribution in [3.8, 4) is 0 Å². The van der Waals surface area contributed by atoms with Gasteiger partial charge in [-0.05, 0) is 44.8 Å². The van der Waals surface area contributed by atoms with Gasteiger partial charge in [0, 0.05) is 26.3 Å². The highest BCUT2D eigenvalue weighted by atomic mass is 16.5. The van der Waals surface area contributed by atoms with E-state index in [1.807, 2.05) is 0 Å². The van der Waals surface area contributed by atoms with Crippen LogP contribution in [0.15, 0.2) is 0 Å². The maximum atomic E-state index is 5.36. The number of hydrogen-bond donors (Lipinski definition) is 1. The third-order valence-corrected chi connectivity index (χ3v) is 3.37. The Morgan fingerprint density at radius 3 is 2.56 bits per heavy atom. The van der Waals surface area contributed by atoms with Crippen molar-refractivity contribution >= 4 is 0 Å². The second kappa shape index (κ2) is 8.97. The summed E-state index contributed by atoms with van der Waals surface area (Å²) in [5.74, 6) is 0.843. The number of nitrogens with zero attached hydrogens (tertiary/aromatic N) is 1. The van der Waals surface area contributed by atoms with Crippen molar-refractivity contribution < 1.29 is 4.74 Å². The summed E-state index contributed by atoms with van der Waals surface area (Å²) in [5, 5.41) is 3.58. The van der Waals surface area contributed by atoms with Gasteiger partial charge in [-0.25, -0.2) is 0 Å². The van der Waals surface area contributed by atoms with E-state index in [1.165, 1.54) is 45.4 Å². The number of hydrogen-bond acceptors (Lipinski definition) is 3. The molecule has 3 heteroatoms. The zero-order chi connectivity index (χ0) is 11.6. The highest BCUT2D eigenvalue weighted by molar-refractivity contribution is 4.66. The Bertz CT molecular complexity index is 151. The van der Waals surface area contributed by atoms with E-state index in [2.05, 4.69) is 24.1 Å². The summed E-state index contributed by atoms with van der Waals surface area (Å²) in [7, 11) is 0. The van der Waals surface area contributed by atoms with Crippen LogP contribution >= 0.6 is 0 Å². The zero-order valence-corrected chi connectivity index (χ0v) is 11.0. The van der Waals surface area contributed by atoms with Gasteiger partial charge in [-0.15, -0.1) is 0 Å². The molecule has 0 aromatic rings. The van der Waals surface area contributed by atoms with Crippen molar-refractivity contribution in [1.29, 1.82) is 0 Å². The lowest BCUT2D eigenvalue weighted by Gasteiger charge is -2.24. The summed E-state index contributed by atoms with van der Waals surface area (Å²) in [4.78, 5) is 2.51. The first kappa shape index (κ1) is 13.9. The standard InChI is InChI=1S/C13H28N2O/c1-3-8-15(4-2)9-7-14-12-13-5-10-16-11-6-13/h13-14H,3-12H2,1-2H3. The Morgan fingerprint density at radius 2 is 1.94 bits per heavy atom. The van der Waals surface area contributed by atoms with Gasteiger partial charge in [0.05, 0.1) is 0 Å². The Kier molecular flexibility index (Phi) is 7.81. The molecule has 0 unspecified atom stereocenters. The first-order valence-electron chi connectivity index (χ1n) is 6.87. The van der Waals surface area contributed by atoms with Crippen molar-refractivity contribution in [3.63, 3.8) is 0 Å². The summed E-state index contributed by atoms with van der Waals surface area (Å²) in [6, 6.07) is 0. The third-order valence-electron chi connectivity index (χ3n) is 3.37. The normalized spacial score (nSPS) is 18.2. The molecule has 1 aliphatic heterocycles. The Hall–Kier alpha value is -0.120. The number of ether oxygens (including phenoxy) is 1. The number of likely N-dealkylation sites (N-methyl/N-ethyl adjacent to an activating group) is 1. The van der Waals surface area contributed by atoms with E-state index in [4.69, 9.17) is 4.74 Å². The molecule has 0 aromatic carbocycles. The summed E-state index contributed by atoms with van der Waals surface area (Å²) in [5.41, 5.74) is 0. The molecule has 0 aliphatic carbocycles. The monoisotopic (exact) mass is 228 g/mol. The fraction of sp³-hybridized carbons (Fsp3) is 1.00. The van der Waals surface area contributed by atoms with Gasteiger partial charge in [-0.3, -0.25) is 0 Å². The van der Waals surface area contributed by atoms with Crippen LogP contribution in [0.1, 0.15) is 33.1 Å². The van der Waals surface area contributed by atoms with Gasteiger partial charge in [-0.1, -0.05) is 13.8 Å². The summed E-state index contributed by atoms with van der Waals surface area (Å²) >= 11 is 0. The molecule has 1 saturated heterocycles. The average Bonchev–Trinajstić information content (AvgIpc) is 2.34. The molecule has 96 valence electrons. The number of nitrogens with one attached hydrogen (secondary N) is 1. The largest absolute Gasteiger partial charge is 0.381 e. The Morgan fingerprint density at radius 1 is 1.19 bits per heavy atom. The molecule has 1 N–H and O–H groups in total. The van der Waals surface area contributed by atoms with Crippen LogP contribution in [0.4, 0.5) is 0 Å². The lowest BCUT2D eigenvalue weighted by atomic mass is 10.0. The summed E-state index contributed by atoms with van der Waals surface area (Å²) < 4.78 is 5.36. The van der Waals surface area contributed by atoms with Crippen LogP contribution < -0.4 is 5.32 Å². The van der Waals surface area contributed by atoms with Gasteiger partial charge in [0.1, 0.15) is 0 Å². The minimum atomic E-state index is 0.843. The fourth-order valence-electron chi connectivity index (χ4n) is 2.24. The summed E-state index contributed by atoms with van der Waals surface area (Å²) in [6.07, 6.45) is 3.73. The van der Waals surface area contributed by atoms with E-state index in [-0.39, 0.29) is 0 Å². The smallest absolute Gasteiger partial charge is 0.0469 e. The van der Waals surface area contributed by atoms with E-state index in [0.29, 0.717) is 0 Å². The fourth-order valence-corrected chi connectivity index (χ4v) is 2.24. The molecule has 0 aromatic heterocycles. The van der Waals surface area contributed by atoms with Crippen LogP contribution in [-0.2, 0) is 4.74 Å². The minimum absolute atomic E-state index is 0.843. The van der Waals surface area contributed by atoms with Crippen molar-refractivity contribution in [1.82, 2.24) is 10.2 Å². The van der Waals surface area contributed by atoms with Gasteiger partial charge in [-0.2, -0.15) is 0 Å². The van der Waals surface area contributed by atoms with Gasteiger partial charge >= 0.3 is 0 Å². The molecule has 0 amide bonds. The molecule has 0 spiro atoms. The SMILES string of the molecule is CCCN(CC)CCNCC1CCOCC1. The molecule has 1 aliphatic rings. The highest BCUT2D eigenvalue weighted by Crippen LogP contribution is 2.12. The van der Waals surface area contributed by atoms with E-state index in [1.54, 1.807) is 0 Å². The Balaban J connectivity index is 1.97. The maximum Gasteiger partial charge on any atom is 0.0469 e. The van der Waals surface area contributed by atoms with Gasteiger partial charge in [0.2, 0.25) is 0 Å². The summed E-state index contributed by atoms with van der Waals surface area (Å²) in [6.45, 7) is 12.3. The topological polar surface area (TPSA) is 24.5 Å². The van der Waals surface area contributed by atoms with Crippen molar-refractivity contribution in [3.05, 3.63) is 0 Å². The molecule has 0 radical (unpaired) electrons. The van der Waals surface area contributed by atoms with Gasteiger partial charge in [0.25, 0.3) is 0 Å². The van der Waals surface area contributed by atoms with Crippen LogP contribution in [0.3, 0.4) is 0 Å². The van der Waals surface area contributed by atoms with Crippen LogP contribution in [0.2, 0.25) is 0 Å². The van der Waals surface area contributed by atoms with Crippen molar-refractivity contribution in [2.75, 3.05) is 45.9 Å². The van der Waals surface area contributed by atoms with Crippen LogP contribution in [-0.4, -0.2) is 50.8 Å². The van der Waals surface area contributed by atoms with Crippen molar-refractivity contribution in [2.45, 2.75) is 33.1 Å². The van der Waals surface area contributed by atoms with E-state index < -0.39 is 0 Å². The van der Waals surface area contributed by atoms with Crippen molar-refractivity contribution in [2.24, 2.45) is 5.92 Å². The second-order valence-corrected chi connectivity index (χ2v) is 4.69. The molecule has 0 atom stereocenters. The molecular formula is C13H28N2O. The van der Waals surface area contributed by atoms with Crippen LogP contribution in [0, 0.1) is 5.92 Å². The second-order valence-electron chi connectivity index (χ2n) is 4.69. The molecule has 16 heavy (non-hydrogen) atoms. The lowest BCUT2D eigenvalue weighted by molar-refractivity contribution is 0.0661. The number of rotatable bonds is 8. The Labute approximate surface area is 101 Å². The van der Waals surface area contributed by atoms with Crippen LogP contribution in [0.25, 0.3) is 0 Å². The van der Waals surface area contributed by atoms with E-state index in [0.717, 1.165) is 25.7 Å². The maximum absolute atomic E-state index is 5.36. The predicted molar refractivity (Wildman–Crippen MR) is 68.8 cm³/mol. The first-order chi connectivity index (χ1) is 7.86. The molecule has 1 rings (SSSR count). The zero-order valence-electron chi connectivity index (χ0n) is 11.0. The molecule has 0 bridgehead atoms. The quantitative estimate of drug-likeness (QED) is 0.640.